The highest BCUT2D eigenvalue weighted by Crippen LogP contribution is 2.31. The number of nitrogens with two attached hydrogens (primary N) is 1. The van der Waals surface area contributed by atoms with Gasteiger partial charge in [-0.15, -0.1) is 11.3 Å². The number of hydrogen-bond acceptors (Lipinski definition) is 8. The Kier molecular flexibility index (Phi) is 13.6. The Bertz CT molecular complexity index is 1190. The molecule has 0 saturated carbocycles. The first-order valence-electron chi connectivity index (χ1n) is 14.5. The van der Waals surface area contributed by atoms with Crippen LogP contribution in [0.15, 0.2) is 35.7 Å². The van der Waals surface area contributed by atoms with Gasteiger partial charge in [0.2, 0.25) is 5.91 Å². The van der Waals surface area contributed by atoms with Crippen molar-refractivity contribution in [3.8, 4) is 0 Å². The Morgan fingerprint density at radius 3 is 2.29 bits per heavy atom. The second kappa shape index (κ2) is 16.4. The molecule has 0 aliphatic rings. The minimum Gasteiger partial charge on any atom is -0.481 e. The van der Waals surface area contributed by atoms with Crippen molar-refractivity contribution in [1.29, 1.82) is 0 Å². The molecular weight excluding hydrogens is 556 g/mol. The number of carbonyl (C=O) groups excluding carboxylic acids is 3. The highest BCUT2D eigenvalue weighted by atomic mass is 32.1. The summed E-state index contributed by atoms with van der Waals surface area (Å²) in [5.41, 5.74) is 7.36. The van der Waals surface area contributed by atoms with E-state index < -0.39 is 42.0 Å². The van der Waals surface area contributed by atoms with Crippen molar-refractivity contribution in [1.82, 2.24) is 15.2 Å². The molecule has 0 spiro atoms. The Hall–Kier alpha value is -3.31. The van der Waals surface area contributed by atoms with Gasteiger partial charge in [-0.1, -0.05) is 71.4 Å². The fourth-order valence-electron chi connectivity index (χ4n) is 4.81. The van der Waals surface area contributed by atoms with Crippen molar-refractivity contribution in [3.63, 3.8) is 0 Å². The molecule has 2 amide bonds. The number of rotatable bonds is 16. The molecule has 0 radical (unpaired) electrons. The molecule has 6 atom stereocenters. The van der Waals surface area contributed by atoms with E-state index in [9.17, 15) is 24.3 Å². The van der Waals surface area contributed by atoms with Gasteiger partial charge in [0.05, 0.1) is 12.0 Å². The molecule has 0 fully saturated rings. The van der Waals surface area contributed by atoms with Crippen LogP contribution >= 0.6 is 11.3 Å². The van der Waals surface area contributed by atoms with Crippen molar-refractivity contribution in [2.75, 3.05) is 7.05 Å². The number of ether oxygens (including phenoxy) is 1. The lowest BCUT2D eigenvalue weighted by atomic mass is 9.93. The van der Waals surface area contributed by atoms with Crippen LogP contribution in [-0.2, 0) is 25.5 Å². The fraction of sp³-hybridized carbons (Fsp3) is 0.581. The van der Waals surface area contributed by atoms with Crippen molar-refractivity contribution in [2.45, 2.75) is 91.5 Å². The Balaban J connectivity index is 2.26. The number of amides is 2. The fourth-order valence-corrected chi connectivity index (χ4v) is 5.65. The molecule has 10 nitrogen and oxygen atoms in total. The maximum atomic E-state index is 13.3. The highest BCUT2D eigenvalue weighted by molar-refractivity contribution is 7.09. The van der Waals surface area contributed by atoms with E-state index in [1.54, 1.807) is 24.3 Å². The summed E-state index contributed by atoms with van der Waals surface area (Å²) >= 11 is 1.20. The summed E-state index contributed by atoms with van der Waals surface area (Å²) in [7, 11) is 1.71. The zero-order chi connectivity index (χ0) is 31.6. The van der Waals surface area contributed by atoms with Crippen LogP contribution in [-0.4, -0.2) is 63.9 Å². The number of hydrogen-bond donors (Lipinski definition) is 3. The first kappa shape index (κ1) is 34.9. The van der Waals surface area contributed by atoms with Crippen LogP contribution in [0.25, 0.3) is 0 Å². The number of likely N-dealkylation sites (N-methyl/N-ethyl adjacent to an activating group) is 1. The predicted octanol–water partition coefficient (Wildman–Crippen LogP) is 4.45. The maximum Gasteiger partial charge on any atom is 0.306 e. The van der Waals surface area contributed by atoms with E-state index in [0.29, 0.717) is 11.4 Å². The molecule has 42 heavy (non-hydrogen) atoms. The number of thiazole rings is 1. The SMILES string of the molecule is CC[C@H](C)[C@H](N)C(=O)N(C)[C@H](C[C@@H](OC(C)=O)c1nc(C(=O)NC(Cc2ccccc2)CC(C)C(=O)O)cs1)C(C)C. The summed E-state index contributed by atoms with van der Waals surface area (Å²) in [6, 6.07) is 8.16. The van der Waals surface area contributed by atoms with Crippen LogP contribution < -0.4 is 11.1 Å². The van der Waals surface area contributed by atoms with E-state index in [-0.39, 0.29) is 42.3 Å². The maximum absolute atomic E-state index is 13.3. The topological polar surface area (TPSA) is 152 Å². The van der Waals surface area contributed by atoms with Crippen molar-refractivity contribution in [3.05, 3.63) is 52.0 Å². The molecule has 0 saturated heterocycles. The molecule has 2 rings (SSSR count). The molecule has 1 aromatic carbocycles. The van der Waals surface area contributed by atoms with E-state index in [2.05, 4.69) is 10.3 Å². The molecule has 1 aromatic heterocycles. The Labute approximate surface area is 253 Å². The molecule has 0 bridgehead atoms. The summed E-state index contributed by atoms with van der Waals surface area (Å²) in [6.45, 7) is 10.8. The average Bonchev–Trinajstić information content (AvgIpc) is 3.44. The van der Waals surface area contributed by atoms with Gasteiger partial charge in [-0.3, -0.25) is 19.2 Å². The number of carboxylic acids is 1. The number of aromatic nitrogens is 1. The molecular formula is C31H46N4O6S. The monoisotopic (exact) mass is 602 g/mol. The van der Waals surface area contributed by atoms with Crippen molar-refractivity contribution in [2.24, 2.45) is 23.5 Å². The standard InChI is InChI=1S/C31H46N4O6S/c1-8-19(4)27(32)30(38)35(7)25(18(2)3)16-26(41-21(6)36)29-34-24(17-42-29)28(37)33-23(14-20(5)31(39)40)15-22-12-10-9-11-13-22/h9-13,17-20,23,25-27H,8,14-16,32H2,1-7H3,(H,33,37)(H,39,40)/t19-,20?,23?,25+,26+,27-/m0/s1. The van der Waals surface area contributed by atoms with Gasteiger partial charge in [-0.05, 0) is 30.2 Å². The van der Waals surface area contributed by atoms with Crippen LogP contribution in [0.1, 0.15) is 88.0 Å². The number of carboxylic acid groups (broad SMARTS) is 1. The number of nitrogens with one attached hydrogen (secondary N) is 1. The Morgan fingerprint density at radius 2 is 1.74 bits per heavy atom. The third kappa shape index (κ3) is 10.2. The molecule has 232 valence electrons. The van der Waals surface area contributed by atoms with Crippen molar-refractivity contribution < 1.29 is 29.0 Å². The van der Waals surface area contributed by atoms with E-state index in [0.717, 1.165) is 12.0 Å². The molecule has 2 aromatic rings. The smallest absolute Gasteiger partial charge is 0.306 e. The van der Waals surface area contributed by atoms with Gasteiger partial charge in [0, 0.05) is 37.9 Å². The van der Waals surface area contributed by atoms with Crippen LogP contribution in [0.5, 0.6) is 0 Å². The summed E-state index contributed by atoms with van der Waals surface area (Å²) in [5.74, 6) is -2.66. The van der Waals surface area contributed by atoms with E-state index in [1.165, 1.54) is 18.3 Å². The minimum atomic E-state index is -0.934. The number of carbonyl (C=O) groups is 4. The van der Waals surface area contributed by atoms with Gasteiger partial charge >= 0.3 is 11.9 Å². The quantitative estimate of drug-likeness (QED) is 0.239. The summed E-state index contributed by atoms with van der Waals surface area (Å²) in [6.07, 6.45) is 0.997. The van der Waals surface area contributed by atoms with Crippen LogP contribution in [0, 0.1) is 17.8 Å². The van der Waals surface area contributed by atoms with E-state index in [1.807, 2.05) is 58.0 Å². The van der Waals surface area contributed by atoms with Gasteiger partial charge in [-0.25, -0.2) is 4.98 Å². The van der Waals surface area contributed by atoms with Gasteiger partial charge < -0.3 is 25.8 Å². The first-order chi connectivity index (χ1) is 19.7. The largest absolute Gasteiger partial charge is 0.481 e. The molecule has 1 heterocycles. The second-order valence-electron chi connectivity index (χ2n) is 11.4. The molecule has 0 aliphatic carbocycles. The lowest BCUT2D eigenvalue weighted by Crippen LogP contribution is -2.51. The van der Waals surface area contributed by atoms with Crippen LogP contribution in [0.3, 0.4) is 0 Å². The number of nitrogens with zero attached hydrogens (tertiary/aromatic N) is 2. The molecule has 0 aliphatic heterocycles. The summed E-state index contributed by atoms with van der Waals surface area (Å²) in [4.78, 5) is 56.2. The number of benzene rings is 1. The lowest BCUT2D eigenvalue weighted by Gasteiger charge is -2.35. The molecule has 4 N–H and O–H groups in total. The summed E-state index contributed by atoms with van der Waals surface area (Å²) < 4.78 is 5.65. The highest BCUT2D eigenvalue weighted by Gasteiger charge is 2.33. The van der Waals surface area contributed by atoms with E-state index >= 15 is 0 Å². The van der Waals surface area contributed by atoms with Gasteiger partial charge in [-0.2, -0.15) is 0 Å². The zero-order valence-electron chi connectivity index (χ0n) is 25.7. The Morgan fingerprint density at radius 1 is 1.10 bits per heavy atom. The predicted molar refractivity (Wildman–Crippen MR) is 163 cm³/mol. The number of esters is 1. The van der Waals surface area contributed by atoms with Gasteiger partial charge in [0.15, 0.2) is 6.10 Å². The lowest BCUT2D eigenvalue weighted by molar-refractivity contribution is -0.148. The normalized spacial score (nSPS) is 15.6. The molecule has 11 heteroatoms. The third-order valence-corrected chi connectivity index (χ3v) is 8.61. The van der Waals surface area contributed by atoms with Gasteiger partial charge in [0.1, 0.15) is 10.7 Å². The second-order valence-corrected chi connectivity index (χ2v) is 12.3. The van der Waals surface area contributed by atoms with Crippen LogP contribution in [0.2, 0.25) is 0 Å². The first-order valence-corrected chi connectivity index (χ1v) is 15.3. The molecule has 2 unspecified atom stereocenters. The van der Waals surface area contributed by atoms with Gasteiger partial charge in [0.25, 0.3) is 5.91 Å². The average molecular weight is 603 g/mol. The minimum absolute atomic E-state index is 0.0151. The van der Waals surface area contributed by atoms with Crippen molar-refractivity contribution >= 4 is 35.1 Å². The zero-order valence-corrected chi connectivity index (χ0v) is 26.5. The number of aliphatic carboxylic acids is 1. The third-order valence-electron chi connectivity index (χ3n) is 7.67. The summed E-state index contributed by atoms with van der Waals surface area (Å²) in [5, 5.41) is 14.4. The van der Waals surface area contributed by atoms with Crippen LogP contribution in [0.4, 0.5) is 0 Å². The van der Waals surface area contributed by atoms with E-state index in [4.69, 9.17) is 10.5 Å².